The molecule has 0 fully saturated rings. The van der Waals surface area contributed by atoms with Crippen LogP contribution in [0.15, 0.2) is 23.7 Å². The SMILES string of the molecule is Cc1nc[c]c(-c2cccs2)n1. The van der Waals surface area contributed by atoms with Crippen molar-refractivity contribution in [1.82, 2.24) is 9.97 Å². The van der Waals surface area contributed by atoms with Crippen LogP contribution in [0, 0.1) is 13.0 Å². The lowest BCUT2D eigenvalue weighted by molar-refractivity contribution is 1.06. The van der Waals surface area contributed by atoms with Gasteiger partial charge in [-0.1, -0.05) is 6.07 Å². The van der Waals surface area contributed by atoms with Gasteiger partial charge in [0.05, 0.1) is 10.6 Å². The summed E-state index contributed by atoms with van der Waals surface area (Å²) < 4.78 is 0. The fraction of sp³-hybridized carbons (Fsp3) is 0.111. The Morgan fingerprint density at radius 2 is 2.42 bits per heavy atom. The van der Waals surface area contributed by atoms with Crippen LogP contribution in [0.25, 0.3) is 10.6 Å². The number of hydrogen-bond acceptors (Lipinski definition) is 3. The first-order chi connectivity index (χ1) is 5.86. The Kier molecular flexibility index (Phi) is 1.87. The summed E-state index contributed by atoms with van der Waals surface area (Å²) in [6, 6.07) is 7.04. The molecule has 1 radical (unpaired) electrons. The van der Waals surface area contributed by atoms with Crippen LogP contribution in [0.3, 0.4) is 0 Å². The molecule has 0 aliphatic rings. The van der Waals surface area contributed by atoms with E-state index in [4.69, 9.17) is 0 Å². The fourth-order valence-electron chi connectivity index (χ4n) is 0.949. The summed E-state index contributed by atoms with van der Waals surface area (Å²) in [4.78, 5) is 9.39. The maximum Gasteiger partial charge on any atom is 0.125 e. The van der Waals surface area contributed by atoms with Gasteiger partial charge in [0.25, 0.3) is 0 Å². The highest BCUT2D eigenvalue weighted by atomic mass is 32.1. The molecule has 0 amide bonds. The highest BCUT2D eigenvalue weighted by Gasteiger charge is 1.99. The van der Waals surface area contributed by atoms with E-state index in [1.54, 1.807) is 17.5 Å². The molecule has 12 heavy (non-hydrogen) atoms. The van der Waals surface area contributed by atoms with Crippen LogP contribution in [-0.2, 0) is 0 Å². The molecule has 2 rings (SSSR count). The summed E-state index contributed by atoms with van der Waals surface area (Å²) in [5.74, 6) is 0.789. The van der Waals surface area contributed by atoms with Gasteiger partial charge in [0.2, 0.25) is 0 Å². The molecule has 2 aromatic heterocycles. The Morgan fingerprint density at radius 1 is 1.50 bits per heavy atom. The first-order valence-electron chi connectivity index (χ1n) is 3.61. The predicted molar refractivity (Wildman–Crippen MR) is 48.9 cm³/mol. The Labute approximate surface area is 74.9 Å². The normalized spacial score (nSPS) is 10.1. The van der Waals surface area contributed by atoms with Gasteiger partial charge in [0.1, 0.15) is 5.82 Å². The average molecular weight is 175 g/mol. The van der Waals surface area contributed by atoms with Crippen molar-refractivity contribution in [1.29, 1.82) is 0 Å². The van der Waals surface area contributed by atoms with Crippen molar-refractivity contribution >= 4 is 11.3 Å². The molecular weight excluding hydrogens is 168 g/mol. The Hall–Kier alpha value is -1.22. The van der Waals surface area contributed by atoms with Crippen molar-refractivity contribution in [2.24, 2.45) is 0 Å². The molecule has 0 saturated carbocycles. The molecule has 0 atom stereocenters. The summed E-state index contributed by atoms with van der Waals surface area (Å²) >= 11 is 1.66. The summed E-state index contributed by atoms with van der Waals surface area (Å²) in [7, 11) is 0. The zero-order chi connectivity index (χ0) is 8.39. The van der Waals surface area contributed by atoms with Gasteiger partial charge in [0.15, 0.2) is 0 Å². The lowest BCUT2D eigenvalue weighted by Crippen LogP contribution is -1.87. The van der Waals surface area contributed by atoms with Gasteiger partial charge in [0, 0.05) is 12.3 Å². The van der Waals surface area contributed by atoms with E-state index in [0.717, 1.165) is 16.4 Å². The summed E-state index contributed by atoms with van der Waals surface area (Å²) in [5, 5.41) is 2.03. The van der Waals surface area contributed by atoms with Crippen molar-refractivity contribution in [3.63, 3.8) is 0 Å². The predicted octanol–water partition coefficient (Wildman–Crippen LogP) is 2.31. The van der Waals surface area contributed by atoms with Crippen molar-refractivity contribution in [3.8, 4) is 10.6 Å². The van der Waals surface area contributed by atoms with Crippen molar-refractivity contribution in [3.05, 3.63) is 35.6 Å². The molecule has 0 unspecified atom stereocenters. The highest BCUT2D eigenvalue weighted by molar-refractivity contribution is 7.13. The molecular formula is C9H7N2S. The van der Waals surface area contributed by atoms with Crippen LogP contribution in [0.5, 0.6) is 0 Å². The number of thiophene rings is 1. The molecule has 0 saturated heterocycles. The van der Waals surface area contributed by atoms with Gasteiger partial charge in [-0.15, -0.1) is 11.3 Å². The van der Waals surface area contributed by atoms with Crippen molar-refractivity contribution < 1.29 is 0 Å². The maximum absolute atomic E-state index is 4.26. The Morgan fingerprint density at radius 3 is 3.08 bits per heavy atom. The second kappa shape index (κ2) is 3.03. The lowest BCUT2D eigenvalue weighted by Gasteiger charge is -1.95. The van der Waals surface area contributed by atoms with E-state index >= 15 is 0 Å². The molecule has 2 aromatic rings. The average Bonchev–Trinajstić information content (AvgIpc) is 2.56. The minimum Gasteiger partial charge on any atom is -0.241 e. The molecule has 59 valence electrons. The van der Waals surface area contributed by atoms with Crippen LogP contribution < -0.4 is 0 Å². The van der Waals surface area contributed by atoms with Gasteiger partial charge in [-0.3, -0.25) is 0 Å². The number of nitrogens with zero attached hydrogens (tertiary/aromatic N) is 2. The van der Waals surface area contributed by atoms with Gasteiger partial charge < -0.3 is 0 Å². The number of aryl methyl sites for hydroxylation is 1. The molecule has 0 bridgehead atoms. The van der Waals surface area contributed by atoms with E-state index in [1.165, 1.54) is 0 Å². The third-order valence-electron chi connectivity index (χ3n) is 1.48. The van der Waals surface area contributed by atoms with Crippen molar-refractivity contribution in [2.75, 3.05) is 0 Å². The molecule has 0 aromatic carbocycles. The van der Waals surface area contributed by atoms with Gasteiger partial charge in [-0.2, -0.15) is 0 Å². The monoisotopic (exact) mass is 175 g/mol. The molecule has 0 aliphatic carbocycles. The summed E-state index contributed by atoms with van der Waals surface area (Å²) in [6.45, 7) is 1.88. The Bertz CT molecular complexity index is 368. The zero-order valence-corrected chi connectivity index (χ0v) is 7.43. The topological polar surface area (TPSA) is 25.8 Å². The van der Waals surface area contributed by atoms with E-state index in [9.17, 15) is 0 Å². The molecule has 3 heteroatoms. The number of rotatable bonds is 1. The highest BCUT2D eigenvalue weighted by Crippen LogP contribution is 2.21. The molecule has 2 nitrogen and oxygen atoms in total. The fourth-order valence-corrected chi connectivity index (χ4v) is 1.63. The van der Waals surface area contributed by atoms with Crippen LogP contribution >= 0.6 is 11.3 Å². The van der Waals surface area contributed by atoms with Gasteiger partial charge >= 0.3 is 0 Å². The summed E-state index contributed by atoms with van der Waals surface area (Å²) in [5.41, 5.74) is 0.887. The smallest absolute Gasteiger partial charge is 0.125 e. The Balaban J connectivity index is 2.48. The van der Waals surface area contributed by atoms with Crippen LogP contribution in [0.1, 0.15) is 5.82 Å². The van der Waals surface area contributed by atoms with Gasteiger partial charge in [-0.25, -0.2) is 9.97 Å². The maximum atomic E-state index is 4.26. The van der Waals surface area contributed by atoms with Crippen molar-refractivity contribution in [2.45, 2.75) is 6.92 Å². The number of hydrogen-bond donors (Lipinski definition) is 0. The number of aromatic nitrogens is 2. The zero-order valence-electron chi connectivity index (χ0n) is 6.61. The molecule has 0 aliphatic heterocycles. The lowest BCUT2D eigenvalue weighted by atomic mass is 10.3. The van der Waals surface area contributed by atoms with E-state index in [0.29, 0.717) is 0 Å². The second-order valence-electron chi connectivity index (χ2n) is 2.39. The molecule has 2 heterocycles. The molecule has 0 N–H and O–H groups in total. The van der Waals surface area contributed by atoms with E-state index in [1.807, 2.05) is 24.4 Å². The van der Waals surface area contributed by atoms with Crippen LogP contribution in [-0.4, -0.2) is 9.97 Å². The molecule has 0 spiro atoms. The van der Waals surface area contributed by atoms with Crippen LogP contribution in [0.2, 0.25) is 0 Å². The minimum absolute atomic E-state index is 0.789. The quantitative estimate of drug-likeness (QED) is 0.664. The van der Waals surface area contributed by atoms with Crippen LogP contribution in [0.4, 0.5) is 0 Å². The largest absolute Gasteiger partial charge is 0.241 e. The third-order valence-corrected chi connectivity index (χ3v) is 2.36. The first-order valence-corrected chi connectivity index (χ1v) is 4.49. The standard InChI is InChI=1S/C9H7N2S/c1-7-10-5-4-8(11-7)9-3-2-6-12-9/h2-3,5-6H,1H3. The summed E-state index contributed by atoms with van der Waals surface area (Å²) in [6.07, 6.45) is 1.66. The van der Waals surface area contributed by atoms with E-state index in [2.05, 4.69) is 16.0 Å². The first kappa shape index (κ1) is 7.43. The van der Waals surface area contributed by atoms with E-state index in [-0.39, 0.29) is 0 Å². The second-order valence-corrected chi connectivity index (χ2v) is 3.34. The third kappa shape index (κ3) is 1.36. The van der Waals surface area contributed by atoms with Gasteiger partial charge in [-0.05, 0) is 18.4 Å². The van der Waals surface area contributed by atoms with E-state index < -0.39 is 0 Å². The minimum atomic E-state index is 0.789.